The molecule has 1 fully saturated rings. The van der Waals surface area contributed by atoms with E-state index in [1.165, 1.54) is 4.57 Å². The van der Waals surface area contributed by atoms with Crippen molar-refractivity contribution in [3.8, 4) is 11.4 Å². The second-order valence-electron chi connectivity index (χ2n) is 6.77. The molecule has 0 unspecified atom stereocenters. The number of morpholine rings is 1. The van der Waals surface area contributed by atoms with Crippen LogP contribution in [0, 0.1) is 0 Å². The Morgan fingerprint density at radius 2 is 2.19 bits per heavy atom. The molecule has 0 bridgehead atoms. The predicted octanol–water partition coefficient (Wildman–Crippen LogP) is 1.42. The molecule has 1 aliphatic heterocycles. The van der Waals surface area contributed by atoms with Crippen molar-refractivity contribution in [2.75, 3.05) is 24.7 Å². The third-order valence-electron chi connectivity index (χ3n) is 5.07. The molecule has 0 aromatic carbocycles. The molecule has 0 radical (unpaired) electrons. The molecule has 0 saturated carbocycles. The van der Waals surface area contributed by atoms with Gasteiger partial charge >= 0.3 is 5.69 Å². The number of aryl methyl sites for hydroxylation is 1. The van der Waals surface area contributed by atoms with Crippen LogP contribution in [0.2, 0.25) is 0 Å². The highest BCUT2D eigenvalue weighted by molar-refractivity contribution is 5.93. The summed E-state index contributed by atoms with van der Waals surface area (Å²) in [4.78, 5) is 34.3. The summed E-state index contributed by atoms with van der Waals surface area (Å²) in [7, 11) is 1.71. The van der Waals surface area contributed by atoms with Crippen molar-refractivity contribution in [2.24, 2.45) is 7.05 Å². The minimum absolute atomic E-state index is 0.151. The number of nitrogens with zero attached hydrogens (tertiary/aromatic N) is 5. The van der Waals surface area contributed by atoms with Crippen molar-refractivity contribution in [1.82, 2.24) is 29.5 Å². The normalized spacial score (nSPS) is 17.9. The first-order chi connectivity index (χ1) is 13.1. The smallest absolute Gasteiger partial charge is 0.327 e. The second-order valence-corrected chi connectivity index (χ2v) is 6.77. The molecule has 5 heterocycles. The van der Waals surface area contributed by atoms with Crippen LogP contribution >= 0.6 is 0 Å². The topological polar surface area (TPSA) is 105 Å². The fraction of sp³-hybridized carbons (Fsp3) is 0.333. The van der Waals surface area contributed by atoms with E-state index in [4.69, 9.17) is 14.7 Å². The number of ether oxygens (including phenoxy) is 1. The summed E-state index contributed by atoms with van der Waals surface area (Å²) in [5.41, 5.74) is 2.68. The Hall–Kier alpha value is -3.20. The van der Waals surface area contributed by atoms with E-state index in [2.05, 4.69) is 26.8 Å². The zero-order chi connectivity index (χ0) is 18.5. The molecular formula is C18H19N7O2. The number of aromatic nitrogens is 6. The van der Waals surface area contributed by atoms with Crippen LogP contribution < -0.4 is 10.6 Å². The number of nitrogens with one attached hydrogen (secondary N) is 2. The van der Waals surface area contributed by atoms with Crippen LogP contribution in [0.3, 0.4) is 0 Å². The maximum Gasteiger partial charge on any atom is 0.327 e. The molecule has 1 aliphatic rings. The molecule has 138 valence electrons. The molecule has 1 atom stereocenters. The quantitative estimate of drug-likeness (QED) is 0.557. The average molecular weight is 365 g/mol. The van der Waals surface area contributed by atoms with Gasteiger partial charge in [-0.15, -0.1) is 0 Å². The largest absolute Gasteiger partial charge is 0.377 e. The van der Waals surface area contributed by atoms with Crippen LogP contribution in [0.5, 0.6) is 0 Å². The first-order valence-corrected chi connectivity index (χ1v) is 8.87. The Bertz CT molecular complexity index is 1210. The molecule has 9 heteroatoms. The van der Waals surface area contributed by atoms with E-state index in [0.29, 0.717) is 36.7 Å². The van der Waals surface area contributed by atoms with Crippen molar-refractivity contribution in [3.63, 3.8) is 0 Å². The molecule has 9 nitrogen and oxygen atoms in total. The zero-order valence-electron chi connectivity index (χ0n) is 15.1. The second kappa shape index (κ2) is 5.92. The van der Waals surface area contributed by atoms with Crippen molar-refractivity contribution >= 4 is 28.0 Å². The lowest BCUT2D eigenvalue weighted by Gasteiger charge is -2.34. The maximum atomic E-state index is 12.3. The summed E-state index contributed by atoms with van der Waals surface area (Å²) in [5, 5.41) is 0.943. The van der Waals surface area contributed by atoms with Crippen molar-refractivity contribution in [1.29, 1.82) is 0 Å². The Kier molecular flexibility index (Phi) is 3.51. The van der Waals surface area contributed by atoms with Crippen LogP contribution in [0.15, 0.2) is 29.3 Å². The van der Waals surface area contributed by atoms with Crippen LogP contribution in [-0.2, 0) is 11.8 Å². The number of rotatable bonds is 2. The first-order valence-electron chi connectivity index (χ1n) is 8.87. The number of pyridine rings is 1. The highest BCUT2D eigenvalue weighted by atomic mass is 16.5. The minimum atomic E-state index is -0.208. The molecule has 0 aliphatic carbocycles. The van der Waals surface area contributed by atoms with Gasteiger partial charge in [-0.1, -0.05) is 0 Å². The summed E-state index contributed by atoms with van der Waals surface area (Å²) in [6.07, 6.45) is 3.58. The van der Waals surface area contributed by atoms with Crippen molar-refractivity contribution in [2.45, 2.75) is 13.0 Å². The highest BCUT2D eigenvalue weighted by Crippen LogP contribution is 2.30. The number of anilines is 1. The SMILES string of the molecule is C[C@@H]1COCCN1c1nc(-c2ccnc3[nH]ccc23)nc2c1[nH]c(=O)n2C. The third kappa shape index (κ3) is 2.42. The summed E-state index contributed by atoms with van der Waals surface area (Å²) in [6, 6.07) is 4.01. The van der Waals surface area contributed by atoms with Gasteiger partial charge < -0.3 is 19.6 Å². The van der Waals surface area contributed by atoms with Crippen LogP contribution in [0.1, 0.15) is 6.92 Å². The molecule has 2 N–H and O–H groups in total. The van der Waals surface area contributed by atoms with Gasteiger partial charge in [-0.3, -0.25) is 4.57 Å². The zero-order valence-corrected chi connectivity index (χ0v) is 15.1. The van der Waals surface area contributed by atoms with E-state index in [1.807, 2.05) is 18.3 Å². The van der Waals surface area contributed by atoms with Gasteiger partial charge in [0.1, 0.15) is 11.2 Å². The van der Waals surface area contributed by atoms with E-state index in [0.717, 1.165) is 22.4 Å². The fourth-order valence-electron chi connectivity index (χ4n) is 3.60. The van der Waals surface area contributed by atoms with Crippen LogP contribution in [0.25, 0.3) is 33.6 Å². The molecule has 27 heavy (non-hydrogen) atoms. The number of hydrogen-bond donors (Lipinski definition) is 2. The van der Waals surface area contributed by atoms with E-state index >= 15 is 0 Å². The molecule has 0 spiro atoms. The van der Waals surface area contributed by atoms with Crippen LogP contribution in [-0.4, -0.2) is 55.3 Å². The molecule has 5 rings (SSSR count). The van der Waals surface area contributed by atoms with Crippen molar-refractivity contribution < 1.29 is 4.74 Å². The van der Waals surface area contributed by atoms with Gasteiger partial charge in [0.15, 0.2) is 17.3 Å². The molecule has 1 saturated heterocycles. The summed E-state index contributed by atoms with van der Waals surface area (Å²) in [5.74, 6) is 1.29. The number of H-pyrrole nitrogens is 2. The van der Waals surface area contributed by atoms with Gasteiger partial charge in [-0.2, -0.15) is 0 Å². The van der Waals surface area contributed by atoms with Gasteiger partial charge in [0.2, 0.25) is 0 Å². The van der Waals surface area contributed by atoms with Gasteiger partial charge in [0, 0.05) is 36.9 Å². The van der Waals surface area contributed by atoms with E-state index in [1.54, 1.807) is 13.2 Å². The predicted molar refractivity (Wildman–Crippen MR) is 102 cm³/mol. The minimum Gasteiger partial charge on any atom is -0.377 e. The van der Waals surface area contributed by atoms with Crippen LogP contribution in [0.4, 0.5) is 5.82 Å². The molecule has 4 aromatic heterocycles. The lowest BCUT2D eigenvalue weighted by Crippen LogP contribution is -2.44. The standard InChI is InChI=1S/C18H19N7O2/c1-10-9-27-8-7-25(10)17-13-16(24(2)18(26)21-13)22-15(23-17)12-4-6-20-14-11(12)3-5-19-14/h3-6,10H,7-9H2,1-2H3,(H,19,20)(H,21,26)/t10-/m1/s1. The Morgan fingerprint density at radius 3 is 3.04 bits per heavy atom. The van der Waals surface area contributed by atoms with E-state index < -0.39 is 0 Å². The summed E-state index contributed by atoms with van der Waals surface area (Å²) in [6.45, 7) is 4.04. The first kappa shape index (κ1) is 16.0. The maximum absolute atomic E-state index is 12.3. The lowest BCUT2D eigenvalue weighted by atomic mass is 10.1. The van der Waals surface area contributed by atoms with Gasteiger partial charge in [0.25, 0.3) is 0 Å². The van der Waals surface area contributed by atoms with Gasteiger partial charge in [-0.05, 0) is 19.1 Å². The van der Waals surface area contributed by atoms with Gasteiger partial charge in [-0.25, -0.2) is 19.7 Å². The number of imidazole rings is 1. The molecule has 0 amide bonds. The number of fused-ring (bicyclic) bond motifs is 2. The third-order valence-corrected chi connectivity index (χ3v) is 5.07. The number of hydrogen-bond acceptors (Lipinski definition) is 6. The van der Waals surface area contributed by atoms with E-state index in [9.17, 15) is 4.79 Å². The summed E-state index contributed by atoms with van der Waals surface area (Å²) >= 11 is 0. The average Bonchev–Trinajstić information content (AvgIpc) is 3.27. The Labute approximate surface area is 154 Å². The Morgan fingerprint density at radius 1 is 1.30 bits per heavy atom. The number of aromatic amines is 2. The highest BCUT2D eigenvalue weighted by Gasteiger charge is 2.25. The molecular weight excluding hydrogens is 346 g/mol. The fourth-order valence-corrected chi connectivity index (χ4v) is 3.60. The molecule has 4 aromatic rings. The Balaban J connectivity index is 1.80. The van der Waals surface area contributed by atoms with Gasteiger partial charge in [0.05, 0.1) is 19.3 Å². The lowest BCUT2D eigenvalue weighted by molar-refractivity contribution is 0.0987. The van der Waals surface area contributed by atoms with E-state index in [-0.39, 0.29) is 11.7 Å². The monoisotopic (exact) mass is 365 g/mol. The van der Waals surface area contributed by atoms with Crippen molar-refractivity contribution in [3.05, 3.63) is 35.0 Å². The summed E-state index contributed by atoms with van der Waals surface area (Å²) < 4.78 is 7.08.